The number of hydrogen-bond donors (Lipinski definition) is 1. The Bertz CT molecular complexity index is 744. The molecular formula is C23H28N2O. The first-order valence-electron chi connectivity index (χ1n) is 9.87. The maximum atomic E-state index is 12.6. The number of nitrogens with zero attached hydrogens (tertiary/aromatic N) is 1. The van der Waals surface area contributed by atoms with Gasteiger partial charge in [-0.2, -0.15) is 0 Å². The molecule has 3 nitrogen and oxygen atoms in total. The van der Waals surface area contributed by atoms with E-state index >= 15 is 0 Å². The fourth-order valence-electron chi connectivity index (χ4n) is 4.75. The zero-order valence-electron chi connectivity index (χ0n) is 15.5. The molecule has 2 heterocycles. The van der Waals surface area contributed by atoms with Gasteiger partial charge in [-0.1, -0.05) is 48.5 Å². The predicted octanol–water partition coefficient (Wildman–Crippen LogP) is 3.96. The van der Waals surface area contributed by atoms with E-state index in [9.17, 15) is 4.79 Å². The summed E-state index contributed by atoms with van der Waals surface area (Å²) >= 11 is 0. The third-order valence-electron chi connectivity index (χ3n) is 6.11. The van der Waals surface area contributed by atoms with Crippen LogP contribution in [0.5, 0.6) is 0 Å². The molecule has 2 atom stereocenters. The van der Waals surface area contributed by atoms with Crippen molar-refractivity contribution in [1.29, 1.82) is 0 Å². The maximum absolute atomic E-state index is 12.6. The fraction of sp³-hybridized carbons (Fsp3) is 0.435. The third kappa shape index (κ3) is 3.68. The topological polar surface area (TPSA) is 32.3 Å². The lowest BCUT2D eigenvalue weighted by Gasteiger charge is -2.39. The van der Waals surface area contributed by atoms with Gasteiger partial charge in [-0.3, -0.25) is 9.69 Å². The zero-order chi connectivity index (χ0) is 17.9. The van der Waals surface area contributed by atoms with E-state index in [2.05, 4.69) is 40.5 Å². The van der Waals surface area contributed by atoms with Crippen molar-refractivity contribution in [2.24, 2.45) is 0 Å². The van der Waals surface area contributed by atoms with Gasteiger partial charge in [-0.25, -0.2) is 0 Å². The van der Waals surface area contributed by atoms with Crippen molar-refractivity contribution < 1.29 is 4.79 Å². The first kappa shape index (κ1) is 17.3. The number of nitrogens with one attached hydrogen (secondary N) is 1. The molecule has 0 aromatic heterocycles. The highest BCUT2D eigenvalue weighted by Gasteiger charge is 2.40. The SMILES string of the molecule is Cc1ccccc1C(=O)NC1CC2CCC(C1)N2CCc1ccccc1. The van der Waals surface area contributed by atoms with E-state index in [4.69, 9.17) is 0 Å². The molecule has 136 valence electrons. The van der Waals surface area contributed by atoms with Gasteiger partial charge in [0, 0.05) is 30.2 Å². The molecule has 2 saturated heterocycles. The van der Waals surface area contributed by atoms with E-state index in [1.165, 1.54) is 18.4 Å². The van der Waals surface area contributed by atoms with E-state index in [1.54, 1.807) is 0 Å². The molecule has 1 amide bonds. The van der Waals surface area contributed by atoms with Gasteiger partial charge < -0.3 is 5.32 Å². The maximum Gasteiger partial charge on any atom is 0.251 e. The van der Waals surface area contributed by atoms with E-state index in [0.717, 1.165) is 36.9 Å². The lowest BCUT2D eigenvalue weighted by molar-refractivity contribution is 0.0847. The highest BCUT2D eigenvalue weighted by molar-refractivity contribution is 5.95. The van der Waals surface area contributed by atoms with E-state index in [1.807, 2.05) is 31.2 Å². The molecule has 0 spiro atoms. The van der Waals surface area contributed by atoms with Gasteiger partial charge in [0.1, 0.15) is 0 Å². The van der Waals surface area contributed by atoms with Gasteiger partial charge in [-0.05, 0) is 56.2 Å². The van der Waals surface area contributed by atoms with E-state index in [0.29, 0.717) is 18.1 Å². The smallest absolute Gasteiger partial charge is 0.251 e. The molecule has 1 N–H and O–H groups in total. The Labute approximate surface area is 156 Å². The van der Waals surface area contributed by atoms with Crippen LogP contribution in [0.15, 0.2) is 54.6 Å². The molecule has 2 aliphatic heterocycles. The average Bonchev–Trinajstić information content (AvgIpc) is 2.89. The van der Waals surface area contributed by atoms with Crippen molar-refractivity contribution in [3.63, 3.8) is 0 Å². The minimum Gasteiger partial charge on any atom is -0.349 e. The Morgan fingerprint density at radius 2 is 1.65 bits per heavy atom. The lowest BCUT2D eigenvalue weighted by Crippen LogP contribution is -2.50. The van der Waals surface area contributed by atoms with Crippen LogP contribution >= 0.6 is 0 Å². The van der Waals surface area contributed by atoms with Gasteiger partial charge in [-0.15, -0.1) is 0 Å². The van der Waals surface area contributed by atoms with Gasteiger partial charge in [0.25, 0.3) is 5.91 Å². The molecule has 2 aromatic carbocycles. The summed E-state index contributed by atoms with van der Waals surface area (Å²) in [6, 6.07) is 20.2. The van der Waals surface area contributed by atoms with Crippen LogP contribution in [0.25, 0.3) is 0 Å². The molecule has 2 aliphatic rings. The summed E-state index contributed by atoms with van der Waals surface area (Å²) in [5.74, 6) is 0.0882. The van der Waals surface area contributed by atoms with Gasteiger partial charge in [0.15, 0.2) is 0 Å². The standard InChI is InChI=1S/C23H28N2O/c1-17-7-5-6-10-22(17)23(26)24-19-15-20-11-12-21(16-19)25(20)14-13-18-8-3-2-4-9-18/h2-10,19-21H,11-16H2,1H3,(H,24,26). The first-order chi connectivity index (χ1) is 12.7. The second kappa shape index (κ2) is 7.63. The van der Waals surface area contributed by atoms with Gasteiger partial charge in [0.2, 0.25) is 0 Å². The molecule has 2 fully saturated rings. The van der Waals surface area contributed by atoms with Crippen molar-refractivity contribution in [2.45, 2.75) is 57.2 Å². The first-order valence-corrected chi connectivity index (χ1v) is 9.87. The summed E-state index contributed by atoms with van der Waals surface area (Å²) in [5.41, 5.74) is 3.28. The number of piperidine rings is 1. The number of amides is 1. The second-order valence-corrected chi connectivity index (χ2v) is 7.82. The number of hydrogen-bond acceptors (Lipinski definition) is 2. The number of carbonyl (C=O) groups excluding carboxylic acids is 1. The van der Waals surface area contributed by atoms with Gasteiger partial charge in [0.05, 0.1) is 0 Å². The molecule has 2 unspecified atom stereocenters. The molecule has 0 aliphatic carbocycles. The Morgan fingerprint density at radius 3 is 2.35 bits per heavy atom. The van der Waals surface area contributed by atoms with Crippen molar-refractivity contribution in [3.05, 3.63) is 71.3 Å². The minimum atomic E-state index is 0.0882. The quantitative estimate of drug-likeness (QED) is 0.887. The molecule has 26 heavy (non-hydrogen) atoms. The number of benzene rings is 2. The minimum absolute atomic E-state index is 0.0882. The largest absolute Gasteiger partial charge is 0.349 e. The Hall–Kier alpha value is -2.13. The number of rotatable bonds is 5. The molecule has 4 rings (SSSR count). The van der Waals surface area contributed by atoms with Crippen LogP contribution in [0, 0.1) is 6.92 Å². The Morgan fingerprint density at radius 1 is 1.00 bits per heavy atom. The second-order valence-electron chi connectivity index (χ2n) is 7.82. The number of fused-ring (bicyclic) bond motifs is 2. The van der Waals surface area contributed by atoms with Crippen LogP contribution in [0.3, 0.4) is 0 Å². The predicted molar refractivity (Wildman–Crippen MR) is 105 cm³/mol. The Kier molecular flexibility index (Phi) is 5.07. The van der Waals surface area contributed by atoms with Crippen LogP contribution in [-0.2, 0) is 6.42 Å². The summed E-state index contributed by atoms with van der Waals surface area (Å²) in [7, 11) is 0. The van der Waals surface area contributed by atoms with Crippen LogP contribution in [0.1, 0.15) is 47.2 Å². The summed E-state index contributed by atoms with van der Waals surface area (Å²) in [4.78, 5) is 15.3. The van der Waals surface area contributed by atoms with Crippen molar-refractivity contribution >= 4 is 5.91 Å². The molecular weight excluding hydrogens is 320 g/mol. The highest BCUT2D eigenvalue weighted by Crippen LogP contribution is 2.35. The fourth-order valence-corrected chi connectivity index (χ4v) is 4.75. The van der Waals surface area contributed by atoms with Gasteiger partial charge >= 0.3 is 0 Å². The van der Waals surface area contributed by atoms with E-state index < -0.39 is 0 Å². The Balaban J connectivity index is 1.34. The summed E-state index contributed by atoms with van der Waals surface area (Å²) in [6.07, 6.45) is 5.84. The van der Waals surface area contributed by atoms with Crippen LogP contribution in [-0.4, -0.2) is 35.5 Å². The van der Waals surface area contributed by atoms with E-state index in [-0.39, 0.29) is 5.91 Å². The number of aryl methyl sites for hydroxylation is 1. The summed E-state index contributed by atoms with van der Waals surface area (Å²) in [5, 5.41) is 3.31. The number of carbonyl (C=O) groups is 1. The monoisotopic (exact) mass is 348 g/mol. The summed E-state index contributed by atoms with van der Waals surface area (Å²) in [6.45, 7) is 3.14. The van der Waals surface area contributed by atoms with Crippen LogP contribution < -0.4 is 5.32 Å². The van der Waals surface area contributed by atoms with Crippen molar-refractivity contribution in [1.82, 2.24) is 10.2 Å². The lowest BCUT2D eigenvalue weighted by atomic mass is 9.96. The molecule has 2 aromatic rings. The van der Waals surface area contributed by atoms with Crippen LogP contribution in [0.4, 0.5) is 0 Å². The zero-order valence-corrected chi connectivity index (χ0v) is 15.5. The average molecular weight is 348 g/mol. The van der Waals surface area contributed by atoms with Crippen molar-refractivity contribution in [3.8, 4) is 0 Å². The summed E-state index contributed by atoms with van der Waals surface area (Å²) < 4.78 is 0. The normalized spacial score (nSPS) is 25.2. The molecule has 3 heteroatoms. The van der Waals surface area contributed by atoms with Crippen LogP contribution in [0.2, 0.25) is 0 Å². The highest BCUT2D eigenvalue weighted by atomic mass is 16.1. The van der Waals surface area contributed by atoms with Crippen molar-refractivity contribution in [2.75, 3.05) is 6.54 Å². The molecule has 0 radical (unpaired) electrons. The molecule has 2 bridgehead atoms. The molecule has 0 saturated carbocycles. The third-order valence-corrected chi connectivity index (χ3v) is 6.11.